The lowest BCUT2D eigenvalue weighted by Gasteiger charge is -2.36. The molecule has 0 saturated carbocycles. The molecular formula is C18H19ClN6O. The van der Waals surface area contributed by atoms with E-state index in [1.807, 2.05) is 36.7 Å². The van der Waals surface area contributed by atoms with E-state index in [1.165, 1.54) is 0 Å². The number of rotatable bonds is 4. The average molecular weight is 371 g/mol. The van der Waals surface area contributed by atoms with Gasteiger partial charge >= 0.3 is 0 Å². The lowest BCUT2D eigenvalue weighted by atomic mass is 9.87. The van der Waals surface area contributed by atoms with Crippen molar-refractivity contribution in [3.63, 3.8) is 0 Å². The van der Waals surface area contributed by atoms with Crippen molar-refractivity contribution in [2.24, 2.45) is 0 Å². The number of nitrogens with one attached hydrogen (secondary N) is 2. The van der Waals surface area contributed by atoms with Crippen LogP contribution in [0.4, 0.5) is 5.69 Å². The average Bonchev–Trinajstić information content (AvgIpc) is 3.36. The topological polar surface area (TPSA) is 76.8 Å². The van der Waals surface area contributed by atoms with E-state index in [1.54, 1.807) is 27.8 Å². The van der Waals surface area contributed by atoms with Crippen molar-refractivity contribution in [3.05, 3.63) is 60.1 Å². The van der Waals surface area contributed by atoms with Gasteiger partial charge in [-0.1, -0.05) is 11.6 Å². The summed E-state index contributed by atoms with van der Waals surface area (Å²) in [5.41, 5.74) is 0.723. The summed E-state index contributed by atoms with van der Waals surface area (Å²) in [5.74, 6) is -0.0781. The first-order valence-corrected chi connectivity index (χ1v) is 8.89. The molecule has 1 aromatic carbocycles. The van der Waals surface area contributed by atoms with E-state index in [0.717, 1.165) is 18.8 Å². The number of hydrogen-bond acceptors (Lipinski definition) is 4. The number of carbonyl (C=O) groups excluding carboxylic acids is 1. The summed E-state index contributed by atoms with van der Waals surface area (Å²) >= 11 is 6.38. The van der Waals surface area contributed by atoms with Crippen LogP contribution < -0.4 is 10.6 Å². The van der Waals surface area contributed by atoms with E-state index in [4.69, 9.17) is 11.6 Å². The number of amides is 1. The first kappa shape index (κ1) is 16.8. The summed E-state index contributed by atoms with van der Waals surface area (Å²) in [6.45, 7) is 1.54. The number of halogens is 1. The third-order valence-electron chi connectivity index (χ3n) is 4.75. The Labute approximate surface area is 156 Å². The summed E-state index contributed by atoms with van der Waals surface area (Å²) in [5, 5.41) is 15.3. The molecule has 2 aromatic heterocycles. The highest BCUT2D eigenvalue weighted by Crippen LogP contribution is 2.30. The molecule has 7 nitrogen and oxygen atoms in total. The zero-order valence-corrected chi connectivity index (χ0v) is 14.9. The molecule has 26 heavy (non-hydrogen) atoms. The second kappa shape index (κ2) is 6.93. The van der Waals surface area contributed by atoms with Gasteiger partial charge in [-0.3, -0.25) is 9.48 Å². The molecule has 1 aliphatic rings. The molecule has 0 bridgehead atoms. The minimum atomic E-state index is -0.693. The van der Waals surface area contributed by atoms with Crippen molar-refractivity contribution in [2.75, 3.05) is 18.4 Å². The first-order chi connectivity index (χ1) is 12.7. The Bertz CT molecular complexity index is 885. The molecule has 0 atom stereocenters. The highest BCUT2D eigenvalue weighted by atomic mass is 35.5. The molecule has 4 rings (SSSR count). The predicted octanol–water partition coefficient (Wildman–Crippen LogP) is 2.44. The Morgan fingerprint density at radius 1 is 1.15 bits per heavy atom. The fourth-order valence-electron chi connectivity index (χ4n) is 3.35. The van der Waals surface area contributed by atoms with Gasteiger partial charge < -0.3 is 10.6 Å². The maximum atomic E-state index is 13.2. The molecule has 134 valence electrons. The van der Waals surface area contributed by atoms with Gasteiger partial charge in [0.2, 0.25) is 0 Å². The van der Waals surface area contributed by atoms with Gasteiger partial charge in [-0.05, 0) is 56.3 Å². The van der Waals surface area contributed by atoms with Crippen molar-refractivity contribution in [2.45, 2.75) is 18.4 Å². The fourth-order valence-corrected chi connectivity index (χ4v) is 3.62. The lowest BCUT2D eigenvalue weighted by Crippen LogP contribution is -2.52. The Balaban J connectivity index is 1.60. The monoisotopic (exact) mass is 370 g/mol. The van der Waals surface area contributed by atoms with Crippen molar-refractivity contribution < 1.29 is 4.79 Å². The van der Waals surface area contributed by atoms with Crippen LogP contribution in [0, 0.1) is 0 Å². The number of benzene rings is 1. The van der Waals surface area contributed by atoms with Gasteiger partial charge in [0, 0.05) is 30.5 Å². The van der Waals surface area contributed by atoms with Gasteiger partial charge in [-0.2, -0.15) is 10.2 Å². The van der Waals surface area contributed by atoms with Gasteiger partial charge in [0.05, 0.1) is 10.7 Å². The second-order valence-corrected chi connectivity index (χ2v) is 6.71. The van der Waals surface area contributed by atoms with Crippen LogP contribution in [0.3, 0.4) is 0 Å². The zero-order chi connectivity index (χ0) is 18.0. The van der Waals surface area contributed by atoms with E-state index in [2.05, 4.69) is 20.8 Å². The summed E-state index contributed by atoms with van der Waals surface area (Å²) in [7, 11) is 0. The minimum Gasteiger partial charge on any atom is -0.324 e. The van der Waals surface area contributed by atoms with Gasteiger partial charge in [0.15, 0.2) is 0 Å². The summed E-state index contributed by atoms with van der Waals surface area (Å²) < 4.78 is 3.45. The number of anilines is 1. The highest BCUT2D eigenvalue weighted by Gasteiger charge is 2.42. The first-order valence-electron chi connectivity index (χ1n) is 8.51. The Morgan fingerprint density at radius 3 is 2.58 bits per heavy atom. The summed E-state index contributed by atoms with van der Waals surface area (Å²) in [4.78, 5) is 13.2. The molecule has 0 spiro atoms. The minimum absolute atomic E-state index is 0.0781. The van der Waals surface area contributed by atoms with Crippen LogP contribution in [0.25, 0.3) is 5.69 Å². The van der Waals surface area contributed by atoms with Crippen LogP contribution in [0.15, 0.2) is 55.1 Å². The number of piperidine rings is 1. The molecule has 1 fully saturated rings. The molecule has 0 unspecified atom stereocenters. The van der Waals surface area contributed by atoms with Crippen LogP contribution >= 0.6 is 11.6 Å². The van der Waals surface area contributed by atoms with Crippen LogP contribution in [0.2, 0.25) is 5.02 Å². The van der Waals surface area contributed by atoms with E-state index >= 15 is 0 Å². The SMILES string of the molecule is O=C(Nc1ccc(-n2cccn2)c(Cl)c1)C1(n2cccn2)CCNCC1. The molecular weight excluding hydrogens is 352 g/mol. The highest BCUT2D eigenvalue weighted by molar-refractivity contribution is 6.32. The maximum absolute atomic E-state index is 13.2. The maximum Gasteiger partial charge on any atom is 0.252 e. The van der Waals surface area contributed by atoms with Crippen molar-refractivity contribution in [1.82, 2.24) is 24.9 Å². The molecule has 3 heterocycles. The molecule has 1 amide bonds. The number of carbonyl (C=O) groups is 1. The molecule has 3 aromatic rings. The smallest absolute Gasteiger partial charge is 0.252 e. The standard InChI is InChI=1S/C18H19ClN6O/c19-15-13-14(3-4-16(15)24-11-1-7-21-24)23-17(26)18(5-9-20-10-6-18)25-12-2-8-22-25/h1-4,7-8,11-13,20H,5-6,9-10H2,(H,23,26). The molecule has 1 aliphatic heterocycles. The third-order valence-corrected chi connectivity index (χ3v) is 5.06. The van der Waals surface area contributed by atoms with Crippen molar-refractivity contribution in [3.8, 4) is 5.69 Å². The van der Waals surface area contributed by atoms with Crippen molar-refractivity contribution >= 4 is 23.2 Å². The molecule has 1 saturated heterocycles. The summed E-state index contributed by atoms with van der Waals surface area (Å²) in [6.07, 6.45) is 8.42. The van der Waals surface area contributed by atoms with Crippen LogP contribution in [-0.2, 0) is 10.3 Å². The largest absolute Gasteiger partial charge is 0.324 e. The fraction of sp³-hybridized carbons (Fsp3) is 0.278. The Morgan fingerprint density at radius 2 is 1.92 bits per heavy atom. The predicted molar refractivity (Wildman–Crippen MR) is 99.5 cm³/mol. The molecule has 2 N–H and O–H groups in total. The molecule has 0 aliphatic carbocycles. The van der Waals surface area contributed by atoms with Crippen LogP contribution in [-0.4, -0.2) is 38.6 Å². The van der Waals surface area contributed by atoms with Crippen LogP contribution in [0.1, 0.15) is 12.8 Å². The Kier molecular flexibility index (Phi) is 4.48. The van der Waals surface area contributed by atoms with E-state index in [9.17, 15) is 4.79 Å². The van der Waals surface area contributed by atoms with E-state index < -0.39 is 5.54 Å². The van der Waals surface area contributed by atoms with Gasteiger partial charge in [0.25, 0.3) is 5.91 Å². The van der Waals surface area contributed by atoms with Gasteiger partial charge in [-0.15, -0.1) is 0 Å². The lowest BCUT2D eigenvalue weighted by molar-refractivity contribution is -0.126. The van der Waals surface area contributed by atoms with Gasteiger partial charge in [0.1, 0.15) is 5.54 Å². The van der Waals surface area contributed by atoms with E-state index in [0.29, 0.717) is 23.6 Å². The quantitative estimate of drug-likeness (QED) is 0.739. The normalized spacial score (nSPS) is 16.3. The zero-order valence-electron chi connectivity index (χ0n) is 14.1. The Hall–Kier alpha value is -2.64. The number of aromatic nitrogens is 4. The number of nitrogens with zero attached hydrogens (tertiary/aromatic N) is 4. The third kappa shape index (κ3) is 3.00. The van der Waals surface area contributed by atoms with Crippen molar-refractivity contribution in [1.29, 1.82) is 0 Å². The molecule has 8 heteroatoms. The van der Waals surface area contributed by atoms with Gasteiger partial charge in [-0.25, -0.2) is 4.68 Å². The van der Waals surface area contributed by atoms with Crippen LogP contribution in [0.5, 0.6) is 0 Å². The molecule has 0 radical (unpaired) electrons. The summed E-state index contributed by atoms with van der Waals surface area (Å²) in [6, 6.07) is 9.09. The second-order valence-electron chi connectivity index (χ2n) is 6.30. The number of hydrogen-bond donors (Lipinski definition) is 2. The van der Waals surface area contributed by atoms with E-state index in [-0.39, 0.29) is 5.91 Å².